The van der Waals surface area contributed by atoms with E-state index in [4.69, 9.17) is 0 Å². The predicted molar refractivity (Wildman–Crippen MR) is 77.8 cm³/mol. The molecule has 20 heavy (non-hydrogen) atoms. The number of rotatable bonds is 3. The van der Waals surface area contributed by atoms with E-state index in [-0.39, 0.29) is 0 Å². The average molecular weight is 303 g/mol. The second kappa shape index (κ2) is 5.98. The summed E-state index contributed by atoms with van der Waals surface area (Å²) in [5.41, 5.74) is 0.641. The number of benzene rings is 1. The maximum absolute atomic E-state index is 12.5. The predicted octanol–water partition coefficient (Wildman–Crippen LogP) is 4.33. The molecule has 5 heteroatoms. The van der Waals surface area contributed by atoms with Crippen LogP contribution in [0.4, 0.5) is 13.2 Å². The fourth-order valence-corrected chi connectivity index (χ4v) is 3.78. The molecule has 0 amide bonds. The third-order valence-electron chi connectivity index (χ3n) is 3.49. The molecule has 1 aromatic rings. The summed E-state index contributed by atoms with van der Waals surface area (Å²) in [5.74, 6) is 2.25. The van der Waals surface area contributed by atoms with Gasteiger partial charge in [-0.15, -0.1) is 0 Å². The first-order valence-electron chi connectivity index (χ1n) is 6.74. The molecule has 0 spiro atoms. The van der Waals surface area contributed by atoms with Crippen molar-refractivity contribution in [3.8, 4) is 0 Å². The van der Waals surface area contributed by atoms with Gasteiger partial charge in [-0.05, 0) is 35.3 Å². The third-order valence-corrected chi connectivity index (χ3v) is 5.11. The maximum atomic E-state index is 12.5. The SMILES string of the molecule is CC1(C)CSCC(NCc2ccc(C(F)(F)F)cc2)C1. The van der Waals surface area contributed by atoms with E-state index in [0.717, 1.165) is 29.9 Å². The van der Waals surface area contributed by atoms with Gasteiger partial charge in [0.2, 0.25) is 0 Å². The Bertz CT molecular complexity index is 439. The van der Waals surface area contributed by atoms with E-state index in [1.165, 1.54) is 5.75 Å². The molecule has 2 rings (SSSR count). The van der Waals surface area contributed by atoms with E-state index in [0.29, 0.717) is 18.0 Å². The van der Waals surface area contributed by atoms with Gasteiger partial charge in [-0.1, -0.05) is 26.0 Å². The second-order valence-corrected chi connectivity index (χ2v) is 7.19. The van der Waals surface area contributed by atoms with E-state index in [1.54, 1.807) is 12.1 Å². The molecule has 0 saturated carbocycles. The zero-order valence-electron chi connectivity index (χ0n) is 11.8. The summed E-state index contributed by atoms with van der Waals surface area (Å²) >= 11 is 1.94. The fraction of sp³-hybridized carbons (Fsp3) is 0.600. The van der Waals surface area contributed by atoms with Crippen molar-refractivity contribution < 1.29 is 13.2 Å². The Hall–Kier alpha value is -0.680. The number of thioether (sulfide) groups is 1. The smallest absolute Gasteiger partial charge is 0.309 e. The molecule has 1 unspecified atom stereocenters. The van der Waals surface area contributed by atoms with Gasteiger partial charge in [0.15, 0.2) is 0 Å². The lowest BCUT2D eigenvalue weighted by Gasteiger charge is -2.35. The van der Waals surface area contributed by atoms with Crippen LogP contribution in [0.15, 0.2) is 24.3 Å². The molecule has 1 atom stereocenters. The molecule has 0 bridgehead atoms. The molecule has 1 N–H and O–H groups in total. The summed E-state index contributed by atoms with van der Waals surface area (Å²) in [5, 5.41) is 3.45. The molecular weight excluding hydrogens is 283 g/mol. The monoisotopic (exact) mass is 303 g/mol. The highest BCUT2D eigenvalue weighted by atomic mass is 32.2. The minimum atomic E-state index is -4.25. The standard InChI is InChI=1S/C15H20F3NS/c1-14(2)7-13(9-20-10-14)19-8-11-3-5-12(6-4-11)15(16,17)18/h3-6,13,19H,7-10H2,1-2H3. The van der Waals surface area contributed by atoms with Gasteiger partial charge in [0.1, 0.15) is 0 Å². The van der Waals surface area contributed by atoms with Gasteiger partial charge in [0.25, 0.3) is 0 Å². The summed E-state index contributed by atoms with van der Waals surface area (Å²) in [6.07, 6.45) is -3.14. The Morgan fingerprint density at radius 3 is 2.45 bits per heavy atom. The van der Waals surface area contributed by atoms with Crippen molar-refractivity contribution in [1.82, 2.24) is 5.32 Å². The summed E-state index contributed by atoms with van der Waals surface area (Å²) < 4.78 is 37.4. The normalized spacial score (nSPS) is 22.8. The van der Waals surface area contributed by atoms with Crippen LogP contribution >= 0.6 is 11.8 Å². The summed E-state index contributed by atoms with van der Waals surface area (Å²) in [6, 6.07) is 5.84. The van der Waals surface area contributed by atoms with Crippen LogP contribution in [0.3, 0.4) is 0 Å². The van der Waals surface area contributed by atoms with Gasteiger partial charge in [-0.3, -0.25) is 0 Å². The van der Waals surface area contributed by atoms with Crippen LogP contribution in [0.2, 0.25) is 0 Å². The van der Waals surface area contributed by atoms with E-state index in [2.05, 4.69) is 19.2 Å². The van der Waals surface area contributed by atoms with E-state index < -0.39 is 11.7 Å². The number of alkyl halides is 3. The summed E-state index contributed by atoms with van der Waals surface area (Å²) in [6.45, 7) is 5.14. The number of nitrogens with one attached hydrogen (secondary N) is 1. The highest BCUT2D eigenvalue weighted by molar-refractivity contribution is 7.99. The Kier molecular flexibility index (Phi) is 4.69. The first-order chi connectivity index (χ1) is 9.26. The quantitative estimate of drug-likeness (QED) is 0.892. The molecule has 1 aliphatic rings. The molecule has 112 valence electrons. The molecule has 0 aliphatic carbocycles. The highest BCUT2D eigenvalue weighted by Crippen LogP contribution is 2.33. The maximum Gasteiger partial charge on any atom is 0.416 e. The number of hydrogen-bond donors (Lipinski definition) is 1. The molecule has 1 heterocycles. The lowest BCUT2D eigenvalue weighted by atomic mass is 9.88. The van der Waals surface area contributed by atoms with Crippen molar-refractivity contribution in [2.75, 3.05) is 11.5 Å². The van der Waals surface area contributed by atoms with E-state index in [1.807, 2.05) is 11.8 Å². The lowest BCUT2D eigenvalue weighted by molar-refractivity contribution is -0.137. The Morgan fingerprint density at radius 1 is 1.25 bits per heavy atom. The largest absolute Gasteiger partial charge is 0.416 e. The minimum Gasteiger partial charge on any atom is -0.309 e. The van der Waals surface area contributed by atoms with E-state index >= 15 is 0 Å². The Balaban J connectivity index is 1.88. The van der Waals surface area contributed by atoms with Gasteiger partial charge in [0, 0.05) is 18.3 Å². The fourth-order valence-electron chi connectivity index (χ4n) is 2.47. The molecule has 1 nitrogen and oxygen atoms in total. The zero-order valence-corrected chi connectivity index (χ0v) is 12.6. The van der Waals surface area contributed by atoms with Crippen molar-refractivity contribution in [1.29, 1.82) is 0 Å². The van der Waals surface area contributed by atoms with Crippen LogP contribution in [-0.2, 0) is 12.7 Å². The second-order valence-electron chi connectivity index (χ2n) is 6.16. The topological polar surface area (TPSA) is 12.0 Å². The Morgan fingerprint density at radius 2 is 1.90 bits per heavy atom. The van der Waals surface area contributed by atoms with Crippen molar-refractivity contribution in [3.63, 3.8) is 0 Å². The van der Waals surface area contributed by atoms with Crippen molar-refractivity contribution in [2.24, 2.45) is 5.41 Å². The molecule has 1 aliphatic heterocycles. The number of hydrogen-bond acceptors (Lipinski definition) is 2. The lowest BCUT2D eigenvalue weighted by Crippen LogP contribution is -2.39. The van der Waals surface area contributed by atoms with Crippen LogP contribution in [0.25, 0.3) is 0 Å². The van der Waals surface area contributed by atoms with Crippen molar-refractivity contribution in [3.05, 3.63) is 35.4 Å². The molecule has 1 fully saturated rings. The molecule has 0 radical (unpaired) electrons. The number of halogens is 3. The van der Waals surface area contributed by atoms with Crippen LogP contribution in [0, 0.1) is 5.41 Å². The zero-order chi connectivity index (χ0) is 14.8. The molecule has 1 saturated heterocycles. The van der Waals surface area contributed by atoms with Crippen LogP contribution in [-0.4, -0.2) is 17.5 Å². The van der Waals surface area contributed by atoms with Gasteiger partial charge >= 0.3 is 6.18 Å². The Labute approximate surface area is 122 Å². The minimum absolute atomic E-state index is 0.334. The molecular formula is C15H20F3NS. The average Bonchev–Trinajstić information content (AvgIpc) is 2.35. The molecule has 0 aromatic heterocycles. The first-order valence-corrected chi connectivity index (χ1v) is 7.89. The summed E-state index contributed by atoms with van der Waals surface area (Å²) in [7, 11) is 0. The van der Waals surface area contributed by atoms with Crippen LogP contribution < -0.4 is 5.32 Å². The summed E-state index contributed by atoms with van der Waals surface area (Å²) in [4.78, 5) is 0. The van der Waals surface area contributed by atoms with Gasteiger partial charge in [0.05, 0.1) is 5.56 Å². The first kappa shape index (κ1) is 15.7. The molecule has 1 aromatic carbocycles. The van der Waals surface area contributed by atoms with Crippen LogP contribution in [0.5, 0.6) is 0 Å². The van der Waals surface area contributed by atoms with Gasteiger partial charge in [-0.2, -0.15) is 24.9 Å². The van der Waals surface area contributed by atoms with Gasteiger partial charge < -0.3 is 5.32 Å². The highest BCUT2D eigenvalue weighted by Gasteiger charge is 2.30. The van der Waals surface area contributed by atoms with Crippen LogP contribution in [0.1, 0.15) is 31.4 Å². The third kappa shape index (κ3) is 4.42. The van der Waals surface area contributed by atoms with Crippen molar-refractivity contribution >= 4 is 11.8 Å². The van der Waals surface area contributed by atoms with Gasteiger partial charge in [-0.25, -0.2) is 0 Å². The van der Waals surface area contributed by atoms with Crippen molar-refractivity contribution in [2.45, 2.75) is 39.0 Å². The van der Waals surface area contributed by atoms with E-state index in [9.17, 15) is 13.2 Å².